The Balaban J connectivity index is 1.81. The van der Waals surface area contributed by atoms with Crippen molar-refractivity contribution in [2.75, 3.05) is 11.9 Å². The lowest BCUT2D eigenvalue weighted by Gasteiger charge is -2.25. The topological polar surface area (TPSA) is 52.0 Å². The molecule has 0 unspecified atom stereocenters. The molecule has 1 aliphatic heterocycles. The second kappa shape index (κ2) is 6.87. The van der Waals surface area contributed by atoms with Crippen LogP contribution in [0, 0.1) is 3.57 Å². The maximum atomic E-state index is 5.83. The highest BCUT2D eigenvalue weighted by Gasteiger charge is 2.25. The normalized spacial score (nSPS) is 15.9. The molecule has 0 saturated heterocycles. The number of para-hydroxylation sites is 1. The summed E-state index contributed by atoms with van der Waals surface area (Å²) in [4.78, 5) is 4.36. The van der Waals surface area contributed by atoms with Crippen LogP contribution in [0.2, 0.25) is 0 Å². The summed E-state index contributed by atoms with van der Waals surface area (Å²) in [5, 5.41) is 7.77. The van der Waals surface area contributed by atoms with Gasteiger partial charge in [-0.3, -0.25) is 0 Å². The zero-order valence-corrected chi connectivity index (χ0v) is 15.8. The van der Waals surface area contributed by atoms with Gasteiger partial charge in [0.15, 0.2) is 0 Å². The lowest BCUT2D eigenvalue weighted by Crippen LogP contribution is -2.20. The first-order valence-corrected chi connectivity index (χ1v) is 9.20. The molecule has 126 valence electrons. The molecule has 4 rings (SSSR count). The summed E-state index contributed by atoms with van der Waals surface area (Å²) in [6.45, 7) is 2.62. The van der Waals surface area contributed by atoms with Crippen LogP contribution < -0.4 is 10.1 Å². The predicted molar refractivity (Wildman–Crippen MR) is 107 cm³/mol. The summed E-state index contributed by atoms with van der Waals surface area (Å²) in [6.07, 6.45) is 3.74. The standard InChI is InChI=1S/C19H17IN4O/c1-2-25-18-6-4-3-5-15(18)17-11-16(13-7-9-14(20)10-8-13)23-19-21-12-22-24(17)19/h3-12,17H,2H2,1H3,(H,21,22,23)/t17-/m0/s1. The van der Waals surface area contributed by atoms with Crippen molar-refractivity contribution < 1.29 is 4.74 Å². The van der Waals surface area contributed by atoms with Crippen LogP contribution in [0.4, 0.5) is 5.95 Å². The summed E-state index contributed by atoms with van der Waals surface area (Å²) in [7, 11) is 0. The van der Waals surface area contributed by atoms with Crippen molar-refractivity contribution in [3.8, 4) is 5.75 Å². The zero-order chi connectivity index (χ0) is 17.2. The van der Waals surface area contributed by atoms with Crippen LogP contribution in [0.5, 0.6) is 5.75 Å². The quantitative estimate of drug-likeness (QED) is 0.609. The van der Waals surface area contributed by atoms with Crippen LogP contribution in [-0.2, 0) is 0 Å². The predicted octanol–water partition coefficient (Wildman–Crippen LogP) is 4.34. The number of hydrogen-bond donors (Lipinski definition) is 1. The van der Waals surface area contributed by atoms with Gasteiger partial charge >= 0.3 is 0 Å². The Morgan fingerprint density at radius 1 is 1.16 bits per heavy atom. The smallest absolute Gasteiger partial charge is 0.226 e. The first-order valence-electron chi connectivity index (χ1n) is 8.12. The Hall–Kier alpha value is -2.35. The van der Waals surface area contributed by atoms with Crippen LogP contribution in [0.15, 0.2) is 60.9 Å². The number of fused-ring (bicyclic) bond motifs is 1. The van der Waals surface area contributed by atoms with Crippen molar-refractivity contribution >= 4 is 34.2 Å². The van der Waals surface area contributed by atoms with E-state index in [-0.39, 0.29) is 6.04 Å². The minimum atomic E-state index is -0.0734. The van der Waals surface area contributed by atoms with Gasteiger partial charge in [0.05, 0.1) is 6.61 Å². The third-order valence-corrected chi connectivity index (χ3v) is 4.82. The minimum absolute atomic E-state index is 0.0734. The zero-order valence-electron chi connectivity index (χ0n) is 13.7. The molecule has 3 aromatic rings. The van der Waals surface area contributed by atoms with E-state index in [1.807, 2.05) is 29.8 Å². The maximum Gasteiger partial charge on any atom is 0.226 e. The fourth-order valence-electron chi connectivity index (χ4n) is 2.96. The molecule has 25 heavy (non-hydrogen) atoms. The van der Waals surface area contributed by atoms with Gasteiger partial charge in [0, 0.05) is 14.8 Å². The summed E-state index contributed by atoms with van der Waals surface area (Å²) in [5.74, 6) is 1.60. The molecule has 1 aliphatic rings. The number of ether oxygens (including phenoxy) is 1. The Morgan fingerprint density at radius 3 is 2.76 bits per heavy atom. The SMILES string of the molecule is CCOc1ccccc1[C@@H]1C=C(c2ccc(I)cc2)Nc2ncnn21. The van der Waals surface area contributed by atoms with E-state index in [9.17, 15) is 0 Å². The molecular formula is C19H17IN4O. The molecule has 0 saturated carbocycles. The maximum absolute atomic E-state index is 5.83. The first-order chi connectivity index (χ1) is 12.3. The van der Waals surface area contributed by atoms with Crippen molar-refractivity contribution in [1.29, 1.82) is 0 Å². The number of allylic oxidation sites excluding steroid dienone is 1. The van der Waals surface area contributed by atoms with Crippen molar-refractivity contribution in [3.05, 3.63) is 75.6 Å². The molecule has 0 radical (unpaired) electrons. The number of halogens is 1. The molecule has 1 N–H and O–H groups in total. The second-order valence-corrected chi connectivity index (χ2v) is 6.90. The van der Waals surface area contributed by atoms with Crippen LogP contribution in [0.1, 0.15) is 24.1 Å². The van der Waals surface area contributed by atoms with Crippen molar-refractivity contribution in [2.45, 2.75) is 13.0 Å². The number of nitrogens with zero attached hydrogens (tertiary/aromatic N) is 3. The van der Waals surface area contributed by atoms with Gasteiger partial charge in [-0.2, -0.15) is 10.1 Å². The van der Waals surface area contributed by atoms with Gasteiger partial charge in [-0.05, 0) is 59.4 Å². The lowest BCUT2D eigenvalue weighted by molar-refractivity contribution is 0.333. The highest BCUT2D eigenvalue weighted by Crippen LogP contribution is 2.36. The molecular weight excluding hydrogens is 427 g/mol. The monoisotopic (exact) mass is 444 g/mol. The fraction of sp³-hybridized carbons (Fsp3) is 0.158. The third-order valence-electron chi connectivity index (χ3n) is 4.10. The van der Waals surface area contributed by atoms with Crippen molar-refractivity contribution in [3.63, 3.8) is 0 Å². The van der Waals surface area contributed by atoms with Crippen molar-refractivity contribution in [1.82, 2.24) is 14.8 Å². The summed E-state index contributed by atoms with van der Waals surface area (Å²) < 4.78 is 8.92. The summed E-state index contributed by atoms with van der Waals surface area (Å²) in [5.41, 5.74) is 3.21. The molecule has 2 aromatic carbocycles. The Morgan fingerprint density at radius 2 is 1.96 bits per heavy atom. The molecule has 0 spiro atoms. The molecule has 0 fully saturated rings. The molecule has 6 heteroatoms. The van der Waals surface area contributed by atoms with Gasteiger partial charge in [0.1, 0.15) is 18.1 Å². The summed E-state index contributed by atoms with van der Waals surface area (Å²) >= 11 is 2.31. The van der Waals surface area contributed by atoms with E-state index in [4.69, 9.17) is 4.74 Å². The highest BCUT2D eigenvalue weighted by atomic mass is 127. The highest BCUT2D eigenvalue weighted by molar-refractivity contribution is 14.1. The molecule has 0 aliphatic carbocycles. The molecule has 5 nitrogen and oxygen atoms in total. The van der Waals surface area contributed by atoms with Gasteiger partial charge in [-0.1, -0.05) is 30.3 Å². The Bertz CT molecular complexity index is 917. The van der Waals surface area contributed by atoms with Crippen LogP contribution in [0.3, 0.4) is 0 Å². The van der Waals surface area contributed by atoms with Crippen LogP contribution >= 0.6 is 22.6 Å². The van der Waals surface area contributed by atoms with E-state index in [0.717, 1.165) is 28.5 Å². The van der Waals surface area contributed by atoms with Gasteiger partial charge in [-0.25, -0.2) is 4.68 Å². The third kappa shape index (κ3) is 3.13. The fourth-order valence-corrected chi connectivity index (χ4v) is 3.32. The molecule has 1 aromatic heterocycles. The summed E-state index contributed by atoms with van der Waals surface area (Å²) in [6, 6.07) is 16.4. The Labute approximate surface area is 159 Å². The number of aromatic nitrogens is 3. The number of rotatable bonds is 4. The van der Waals surface area contributed by atoms with E-state index in [1.54, 1.807) is 6.33 Å². The van der Waals surface area contributed by atoms with Gasteiger partial charge < -0.3 is 10.1 Å². The van der Waals surface area contributed by atoms with Gasteiger partial charge in [0.25, 0.3) is 0 Å². The minimum Gasteiger partial charge on any atom is -0.494 e. The molecule has 0 bridgehead atoms. The first kappa shape index (κ1) is 16.1. The second-order valence-electron chi connectivity index (χ2n) is 5.66. The van der Waals surface area contributed by atoms with E-state index in [1.165, 1.54) is 3.57 Å². The van der Waals surface area contributed by atoms with Crippen molar-refractivity contribution in [2.24, 2.45) is 0 Å². The Kier molecular flexibility index (Phi) is 4.44. The van der Waals surface area contributed by atoms with Crippen LogP contribution in [-0.4, -0.2) is 21.4 Å². The number of benzene rings is 2. The van der Waals surface area contributed by atoms with Crippen LogP contribution in [0.25, 0.3) is 5.70 Å². The lowest BCUT2D eigenvalue weighted by atomic mass is 10.0. The molecule has 1 atom stereocenters. The average Bonchev–Trinajstić information content (AvgIpc) is 3.11. The number of nitrogens with one attached hydrogen (secondary N) is 1. The largest absolute Gasteiger partial charge is 0.494 e. The van der Waals surface area contributed by atoms with E-state index in [2.05, 4.69) is 74.4 Å². The number of anilines is 1. The van der Waals surface area contributed by atoms with Gasteiger partial charge in [0.2, 0.25) is 5.95 Å². The van der Waals surface area contributed by atoms with Gasteiger partial charge in [-0.15, -0.1) is 0 Å². The average molecular weight is 444 g/mol. The molecule has 2 heterocycles. The number of hydrogen-bond acceptors (Lipinski definition) is 4. The molecule has 0 amide bonds. The van der Waals surface area contributed by atoms with E-state index >= 15 is 0 Å². The van der Waals surface area contributed by atoms with E-state index < -0.39 is 0 Å². The van der Waals surface area contributed by atoms with E-state index in [0.29, 0.717) is 6.61 Å².